The fourth-order valence-electron chi connectivity index (χ4n) is 1.89. The highest BCUT2D eigenvalue weighted by Crippen LogP contribution is 2.25. The zero-order chi connectivity index (χ0) is 11.6. The van der Waals surface area contributed by atoms with Crippen molar-refractivity contribution in [3.63, 3.8) is 0 Å². The van der Waals surface area contributed by atoms with E-state index in [0.29, 0.717) is 0 Å². The van der Waals surface area contributed by atoms with Crippen LogP contribution in [0.3, 0.4) is 0 Å². The summed E-state index contributed by atoms with van der Waals surface area (Å²) in [5.74, 6) is 0. The van der Waals surface area contributed by atoms with Crippen LogP contribution in [0, 0.1) is 0 Å². The molecule has 0 aromatic heterocycles. The molecule has 15 heavy (non-hydrogen) atoms. The van der Waals surface area contributed by atoms with Gasteiger partial charge in [-0.25, -0.2) is 4.79 Å². The minimum absolute atomic E-state index is 0.0174. The molecule has 1 rings (SSSR count). The summed E-state index contributed by atoms with van der Waals surface area (Å²) in [5.41, 5.74) is -0.473. The molecular weight excluding hydrogens is 194 g/mol. The van der Waals surface area contributed by atoms with Crippen LogP contribution in [0.5, 0.6) is 0 Å². The zero-order valence-electron chi connectivity index (χ0n) is 9.99. The average Bonchev–Trinajstić information content (AvgIpc) is 2.43. The number of likely N-dealkylation sites (tertiary alicyclic amines) is 1. The van der Waals surface area contributed by atoms with Gasteiger partial charge in [0.1, 0.15) is 5.60 Å². The van der Waals surface area contributed by atoms with E-state index in [1.165, 1.54) is 0 Å². The molecule has 0 aromatic rings. The molecule has 88 valence electrons. The first-order valence-corrected chi connectivity index (χ1v) is 5.47. The van der Waals surface area contributed by atoms with E-state index in [9.17, 15) is 4.79 Å². The Labute approximate surface area is 91.2 Å². The molecule has 2 atom stereocenters. The van der Waals surface area contributed by atoms with Crippen molar-refractivity contribution in [3.8, 4) is 0 Å². The first-order valence-electron chi connectivity index (χ1n) is 5.47. The summed E-state index contributed by atoms with van der Waals surface area (Å²) in [4.78, 5) is 13.5. The van der Waals surface area contributed by atoms with Gasteiger partial charge >= 0.3 is 6.09 Å². The monoisotopic (exact) mass is 215 g/mol. The van der Waals surface area contributed by atoms with Crippen LogP contribution in [0.15, 0.2) is 0 Å². The van der Waals surface area contributed by atoms with Gasteiger partial charge < -0.3 is 14.7 Å². The Hall–Kier alpha value is -0.770. The Balaban J connectivity index is 2.64. The van der Waals surface area contributed by atoms with Gasteiger partial charge in [-0.3, -0.25) is 0 Å². The number of carbonyl (C=O) groups is 1. The molecule has 0 saturated carbocycles. The molecule has 0 aliphatic carbocycles. The standard InChI is InChI=1S/C11H21NO3/c1-8-5-6-9(7-13)12(8)10(14)15-11(2,3)4/h8-9,13H,5-7H2,1-4H3. The fraction of sp³-hybridized carbons (Fsp3) is 0.909. The lowest BCUT2D eigenvalue weighted by atomic mass is 10.2. The minimum Gasteiger partial charge on any atom is -0.444 e. The van der Waals surface area contributed by atoms with Crippen molar-refractivity contribution in [3.05, 3.63) is 0 Å². The molecule has 4 heteroatoms. The van der Waals surface area contributed by atoms with Crippen LogP contribution in [-0.4, -0.2) is 40.4 Å². The number of nitrogens with zero attached hydrogens (tertiary/aromatic N) is 1. The first-order chi connectivity index (χ1) is 6.85. The molecule has 0 aromatic carbocycles. The fourth-order valence-corrected chi connectivity index (χ4v) is 1.89. The summed E-state index contributed by atoms with van der Waals surface area (Å²) < 4.78 is 5.30. The lowest BCUT2D eigenvalue weighted by molar-refractivity contribution is 0.0105. The molecule has 4 nitrogen and oxygen atoms in total. The smallest absolute Gasteiger partial charge is 0.410 e. The number of aliphatic hydroxyl groups excluding tert-OH is 1. The average molecular weight is 215 g/mol. The number of carbonyl (C=O) groups excluding carboxylic acids is 1. The van der Waals surface area contributed by atoms with Crippen LogP contribution in [-0.2, 0) is 4.74 Å². The van der Waals surface area contributed by atoms with Crippen molar-refractivity contribution in [1.29, 1.82) is 0 Å². The third-order valence-corrected chi connectivity index (χ3v) is 2.60. The molecule has 1 N–H and O–H groups in total. The highest BCUT2D eigenvalue weighted by atomic mass is 16.6. The number of ether oxygens (including phenoxy) is 1. The number of hydrogen-bond acceptors (Lipinski definition) is 3. The number of rotatable bonds is 1. The molecule has 1 saturated heterocycles. The quantitative estimate of drug-likeness (QED) is 0.725. The first kappa shape index (κ1) is 12.3. The van der Waals surface area contributed by atoms with E-state index in [1.54, 1.807) is 4.90 Å². The highest BCUT2D eigenvalue weighted by Gasteiger charge is 2.36. The second-order valence-electron chi connectivity index (χ2n) is 5.15. The third kappa shape index (κ3) is 3.09. The number of aliphatic hydroxyl groups is 1. The molecule has 0 spiro atoms. The third-order valence-electron chi connectivity index (χ3n) is 2.60. The molecule has 1 fully saturated rings. The van der Waals surface area contributed by atoms with Crippen LogP contribution < -0.4 is 0 Å². The summed E-state index contributed by atoms with van der Waals surface area (Å²) in [6.07, 6.45) is 1.48. The van der Waals surface area contributed by atoms with Gasteiger partial charge in [0.15, 0.2) is 0 Å². The molecule has 1 aliphatic heterocycles. The Kier molecular flexibility index (Phi) is 3.60. The summed E-state index contributed by atoms with van der Waals surface area (Å²) in [6, 6.07) is 0.0897. The molecule has 0 bridgehead atoms. The van der Waals surface area contributed by atoms with Crippen molar-refractivity contribution in [1.82, 2.24) is 4.90 Å². The topological polar surface area (TPSA) is 49.8 Å². The highest BCUT2D eigenvalue weighted by molar-refractivity contribution is 5.69. The van der Waals surface area contributed by atoms with Crippen molar-refractivity contribution < 1.29 is 14.6 Å². The molecule has 1 amide bonds. The van der Waals surface area contributed by atoms with Gasteiger partial charge in [-0.2, -0.15) is 0 Å². The van der Waals surface area contributed by atoms with Crippen molar-refractivity contribution in [2.45, 2.75) is 58.2 Å². The van der Waals surface area contributed by atoms with Gasteiger partial charge in [0.05, 0.1) is 12.6 Å². The predicted molar refractivity (Wildman–Crippen MR) is 57.6 cm³/mol. The van der Waals surface area contributed by atoms with E-state index in [1.807, 2.05) is 27.7 Å². The van der Waals surface area contributed by atoms with E-state index >= 15 is 0 Å². The predicted octanol–water partition coefficient (Wildman–Crippen LogP) is 1.77. The lowest BCUT2D eigenvalue weighted by Gasteiger charge is -2.30. The summed E-state index contributed by atoms with van der Waals surface area (Å²) >= 11 is 0. The van der Waals surface area contributed by atoms with Gasteiger partial charge in [0.2, 0.25) is 0 Å². The van der Waals surface area contributed by atoms with Crippen LogP contribution in [0.4, 0.5) is 4.79 Å². The summed E-state index contributed by atoms with van der Waals surface area (Å²) in [7, 11) is 0. The Morgan fingerprint density at radius 2 is 2.07 bits per heavy atom. The molecule has 1 heterocycles. The van der Waals surface area contributed by atoms with Crippen molar-refractivity contribution in [2.24, 2.45) is 0 Å². The number of amides is 1. The molecule has 2 unspecified atom stereocenters. The number of hydrogen-bond donors (Lipinski definition) is 1. The van der Waals surface area contributed by atoms with Crippen LogP contribution >= 0.6 is 0 Å². The van der Waals surface area contributed by atoms with Crippen molar-refractivity contribution in [2.75, 3.05) is 6.61 Å². The van der Waals surface area contributed by atoms with Crippen LogP contribution in [0.25, 0.3) is 0 Å². The van der Waals surface area contributed by atoms with Gasteiger partial charge in [-0.1, -0.05) is 0 Å². The zero-order valence-corrected chi connectivity index (χ0v) is 9.99. The van der Waals surface area contributed by atoms with E-state index in [4.69, 9.17) is 9.84 Å². The van der Waals surface area contributed by atoms with Gasteiger partial charge in [-0.05, 0) is 40.5 Å². The lowest BCUT2D eigenvalue weighted by Crippen LogP contribution is -2.44. The Morgan fingerprint density at radius 3 is 2.53 bits per heavy atom. The molecular formula is C11H21NO3. The van der Waals surface area contributed by atoms with E-state index in [0.717, 1.165) is 12.8 Å². The maximum atomic E-state index is 11.8. The van der Waals surface area contributed by atoms with E-state index in [2.05, 4.69) is 0 Å². The Morgan fingerprint density at radius 1 is 1.47 bits per heavy atom. The molecule has 1 aliphatic rings. The van der Waals surface area contributed by atoms with Gasteiger partial charge in [-0.15, -0.1) is 0 Å². The largest absolute Gasteiger partial charge is 0.444 e. The van der Waals surface area contributed by atoms with Crippen molar-refractivity contribution >= 4 is 6.09 Å². The SMILES string of the molecule is CC1CCC(CO)N1C(=O)OC(C)(C)C. The summed E-state index contributed by atoms with van der Waals surface area (Å²) in [5, 5.41) is 9.15. The maximum Gasteiger partial charge on any atom is 0.410 e. The van der Waals surface area contributed by atoms with Gasteiger partial charge in [0.25, 0.3) is 0 Å². The second kappa shape index (κ2) is 4.39. The van der Waals surface area contributed by atoms with Crippen LogP contribution in [0.1, 0.15) is 40.5 Å². The van der Waals surface area contributed by atoms with E-state index < -0.39 is 5.60 Å². The molecule has 0 radical (unpaired) electrons. The minimum atomic E-state index is -0.473. The summed E-state index contributed by atoms with van der Waals surface area (Å²) in [6.45, 7) is 7.54. The van der Waals surface area contributed by atoms with Crippen LogP contribution in [0.2, 0.25) is 0 Å². The normalized spacial score (nSPS) is 26.9. The second-order valence-corrected chi connectivity index (χ2v) is 5.15. The van der Waals surface area contributed by atoms with Gasteiger partial charge in [0, 0.05) is 6.04 Å². The van der Waals surface area contributed by atoms with E-state index in [-0.39, 0.29) is 24.8 Å². The maximum absolute atomic E-state index is 11.8. The Bertz CT molecular complexity index is 234.